The van der Waals surface area contributed by atoms with Crippen molar-refractivity contribution in [3.8, 4) is 0 Å². The number of carbonyl (C=O) groups excluding carboxylic acids is 2. The highest BCUT2D eigenvalue weighted by Gasteiger charge is 2.18. The first-order valence-corrected chi connectivity index (χ1v) is 7.31. The maximum Gasteiger partial charge on any atom is 0.360 e. The molecule has 0 unspecified atom stereocenters. The van der Waals surface area contributed by atoms with Gasteiger partial charge in [0.05, 0.1) is 30.0 Å². The second-order valence-electron chi connectivity index (χ2n) is 4.66. The lowest BCUT2D eigenvalue weighted by Gasteiger charge is -2.06. The number of nitrogens with zero attached hydrogens (tertiary/aromatic N) is 4. The Morgan fingerprint density at radius 3 is 2.77 bits per heavy atom. The molecule has 0 saturated heterocycles. The standard InChI is InChI=1S/C13H16BrN5O3/c1-8-9(14)6-15-19(8)5-4-11(20)16-10-7-18(2)17-12(10)13(21)22-3/h6-7H,4-5H2,1-3H3,(H,16,20). The van der Waals surface area contributed by atoms with Gasteiger partial charge in [0.1, 0.15) is 0 Å². The molecule has 22 heavy (non-hydrogen) atoms. The molecule has 2 rings (SSSR count). The fraction of sp³-hybridized carbons (Fsp3) is 0.385. The topological polar surface area (TPSA) is 91.0 Å². The van der Waals surface area contributed by atoms with Crippen LogP contribution in [0.4, 0.5) is 5.69 Å². The van der Waals surface area contributed by atoms with Gasteiger partial charge in [0, 0.05) is 25.4 Å². The summed E-state index contributed by atoms with van der Waals surface area (Å²) in [6.45, 7) is 2.35. The van der Waals surface area contributed by atoms with Gasteiger partial charge in [-0.1, -0.05) is 0 Å². The van der Waals surface area contributed by atoms with Crippen LogP contribution in [0.3, 0.4) is 0 Å². The van der Waals surface area contributed by atoms with Crippen molar-refractivity contribution < 1.29 is 14.3 Å². The van der Waals surface area contributed by atoms with Crippen LogP contribution in [0.15, 0.2) is 16.9 Å². The number of halogens is 1. The van der Waals surface area contributed by atoms with Crippen molar-refractivity contribution in [3.05, 3.63) is 28.3 Å². The molecule has 9 heteroatoms. The first kappa shape index (κ1) is 16.2. The monoisotopic (exact) mass is 369 g/mol. The molecule has 0 atom stereocenters. The quantitative estimate of drug-likeness (QED) is 0.806. The van der Waals surface area contributed by atoms with Crippen LogP contribution in [0.2, 0.25) is 0 Å². The van der Waals surface area contributed by atoms with Crippen molar-refractivity contribution in [1.29, 1.82) is 0 Å². The highest BCUT2D eigenvalue weighted by molar-refractivity contribution is 9.10. The highest BCUT2D eigenvalue weighted by atomic mass is 79.9. The zero-order valence-electron chi connectivity index (χ0n) is 12.5. The van der Waals surface area contributed by atoms with Crippen LogP contribution in [0.5, 0.6) is 0 Å². The second-order valence-corrected chi connectivity index (χ2v) is 5.51. The number of amides is 1. The predicted molar refractivity (Wildman–Crippen MR) is 82.5 cm³/mol. The number of ether oxygens (including phenoxy) is 1. The number of aryl methyl sites for hydroxylation is 2. The Balaban J connectivity index is 2.00. The van der Waals surface area contributed by atoms with E-state index in [1.54, 1.807) is 24.1 Å². The number of nitrogens with one attached hydrogen (secondary N) is 1. The van der Waals surface area contributed by atoms with Gasteiger partial charge in [-0.3, -0.25) is 14.2 Å². The number of hydrogen-bond acceptors (Lipinski definition) is 5. The van der Waals surface area contributed by atoms with E-state index in [2.05, 4.69) is 36.2 Å². The molecule has 2 heterocycles. The minimum atomic E-state index is -0.595. The number of aromatic nitrogens is 4. The van der Waals surface area contributed by atoms with Gasteiger partial charge in [-0.15, -0.1) is 0 Å². The molecule has 1 amide bonds. The lowest BCUT2D eigenvalue weighted by Crippen LogP contribution is -2.17. The van der Waals surface area contributed by atoms with Gasteiger partial charge in [0.25, 0.3) is 0 Å². The van der Waals surface area contributed by atoms with Crippen LogP contribution in [-0.2, 0) is 23.1 Å². The van der Waals surface area contributed by atoms with Crippen molar-refractivity contribution >= 4 is 33.5 Å². The molecule has 2 aromatic heterocycles. The summed E-state index contributed by atoms with van der Waals surface area (Å²) >= 11 is 3.37. The van der Waals surface area contributed by atoms with Gasteiger partial charge in [-0.25, -0.2) is 4.79 Å². The summed E-state index contributed by atoms with van der Waals surface area (Å²) in [5, 5.41) is 10.8. The summed E-state index contributed by atoms with van der Waals surface area (Å²) in [6.07, 6.45) is 3.47. The summed E-state index contributed by atoms with van der Waals surface area (Å²) in [4.78, 5) is 23.6. The number of hydrogen-bond donors (Lipinski definition) is 1. The van der Waals surface area contributed by atoms with Gasteiger partial charge in [-0.05, 0) is 22.9 Å². The maximum absolute atomic E-state index is 12.0. The van der Waals surface area contributed by atoms with Gasteiger partial charge in [0.2, 0.25) is 5.91 Å². The molecule has 0 radical (unpaired) electrons. The van der Waals surface area contributed by atoms with Gasteiger partial charge >= 0.3 is 5.97 Å². The molecule has 0 aliphatic carbocycles. The highest BCUT2D eigenvalue weighted by Crippen LogP contribution is 2.16. The minimum absolute atomic E-state index is 0.0800. The van der Waals surface area contributed by atoms with Crippen molar-refractivity contribution in [2.45, 2.75) is 19.9 Å². The number of esters is 1. The lowest BCUT2D eigenvalue weighted by atomic mass is 10.3. The largest absolute Gasteiger partial charge is 0.464 e. The Hall–Kier alpha value is -2.16. The molecule has 0 aliphatic heterocycles. The summed E-state index contributed by atoms with van der Waals surface area (Å²) in [5.41, 5.74) is 1.36. The minimum Gasteiger partial charge on any atom is -0.464 e. The smallest absolute Gasteiger partial charge is 0.360 e. The molecule has 0 bridgehead atoms. The van der Waals surface area contributed by atoms with E-state index in [4.69, 9.17) is 0 Å². The van der Waals surface area contributed by atoms with Crippen LogP contribution in [0.25, 0.3) is 0 Å². The molecule has 0 saturated carbocycles. The first-order chi connectivity index (χ1) is 10.4. The molecule has 0 aromatic carbocycles. The van der Waals surface area contributed by atoms with Crippen LogP contribution < -0.4 is 5.32 Å². The normalized spacial score (nSPS) is 10.5. The van der Waals surface area contributed by atoms with Gasteiger partial charge in [0.15, 0.2) is 5.69 Å². The lowest BCUT2D eigenvalue weighted by molar-refractivity contribution is -0.116. The summed E-state index contributed by atoms with van der Waals surface area (Å²) in [7, 11) is 2.92. The van der Waals surface area contributed by atoms with Crippen molar-refractivity contribution in [2.75, 3.05) is 12.4 Å². The summed E-state index contributed by atoms with van der Waals surface area (Å²) < 4.78 is 8.70. The van der Waals surface area contributed by atoms with Gasteiger partial charge in [-0.2, -0.15) is 10.2 Å². The van der Waals surface area contributed by atoms with E-state index in [0.717, 1.165) is 10.2 Å². The first-order valence-electron chi connectivity index (χ1n) is 6.52. The molecule has 0 aliphatic rings. The Bertz CT molecular complexity index is 707. The molecular weight excluding hydrogens is 354 g/mol. The second kappa shape index (κ2) is 6.73. The molecule has 118 valence electrons. The molecule has 0 fully saturated rings. The van der Waals surface area contributed by atoms with Crippen molar-refractivity contribution in [1.82, 2.24) is 19.6 Å². The van der Waals surface area contributed by atoms with Crippen LogP contribution in [0, 0.1) is 6.92 Å². The Labute approximate surface area is 135 Å². The number of carbonyl (C=O) groups is 2. The van der Waals surface area contributed by atoms with E-state index in [-0.39, 0.29) is 18.0 Å². The third-order valence-electron chi connectivity index (χ3n) is 3.08. The van der Waals surface area contributed by atoms with Crippen molar-refractivity contribution in [2.24, 2.45) is 7.05 Å². The Morgan fingerprint density at radius 1 is 1.45 bits per heavy atom. The fourth-order valence-corrected chi connectivity index (χ4v) is 2.19. The fourth-order valence-electron chi connectivity index (χ4n) is 1.90. The average molecular weight is 370 g/mol. The Morgan fingerprint density at radius 2 is 2.18 bits per heavy atom. The predicted octanol–water partition coefficient (Wildman–Crippen LogP) is 1.50. The number of rotatable bonds is 5. The van der Waals surface area contributed by atoms with Crippen LogP contribution in [0.1, 0.15) is 22.6 Å². The summed E-state index contributed by atoms with van der Waals surface area (Å²) in [5.74, 6) is -0.827. The van der Waals surface area contributed by atoms with Gasteiger partial charge < -0.3 is 10.1 Å². The number of methoxy groups -OCH3 is 1. The zero-order chi connectivity index (χ0) is 16.3. The van der Waals surface area contributed by atoms with Crippen LogP contribution in [-0.4, -0.2) is 38.5 Å². The molecular formula is C13H16BrN5O3. The van der Waals surface area contributed by atoms with E-state index >= 15 is 0 Å². The van der Waals surface area contributed by atoms with Crippen molar-refractivity contribution in [3.63, 3.8) is 0 Å². The zero-order valence-corrected chi connectivity index (χ0v) is 14.0. The SMILES string of the molecule is COC(=O)c1nn(C)cc1NC(=O)CCn1ncc(Br)c1C. The molecule has 8 nitrogen and oxygen atoms in total. The van der Waals surface area contributed by atoms with Crippen LogP contribution >= 0.6 is 15.9 Å². The third-order valence-corrected chi connectivity index (χ3v) is 3.85. The number of anilines is 1. The van der Waals surface area contributed by atoms with E-state index in [1.165, 1.54) is 11.8 Å². The maximum atomic E-state index is 12.0. The average Bonchev–Trinajstić information content (AvgIpc) is 3.00. The van der Waals surface area contributed by atoms with E-state index < -0.39 is 5.97 Å². The molecule has 1 N–H and O–H groups in total. The molecule has 0 spiro atoms. The van der Waals surface area contributed by atoms with E-state index in [9.17, 15) is 9.59 Å². The Kier molecular flexibility index (Phi) is 4.96. The summed E-state index contributed by atoms with van der Waals surface area (Å²) in [6, 6.07) is 0. The third kappa shape index (κ3) is 3.53. The van der Waals surface area contributed by atoms with E-state index in [0.29, 0.717) is 12.2 Å². The van der Waals surface area contributed by atoms with E-state index in [1.807, 2.05) is 6.92 Å². The molecule has 2 aromatic rings.